The Balaban J connectivity index is 0.00000363. The van der Waals surface area contributed by atoms with Crippen LogP contribution in [-0.2, 0) is 0 Å². The summed E-state index contributed by atoms with van der Waals surface area (Å²) in [6.07, 6.45) is 13.7. The lowest BCUT2D eigenvalue weighted by atomic mass is 10.0. The lowest BCUT2D eigenvalue weighted by Gasteiger charge is -2.37. The third kappa shape index (κ3) is 7.22. The van der Waals surface area contributed by atoms with E-state index >= 15 is 0 Å². The van der Waals surface area contributed by atoms with E-state index < -0.39 is 0 Å². The fourth-order valence-electron chi connectivity index (χ4n) is 4.72. The Morgan fingerprint density at radius 2 is 0.750 bits per heavy atom. The highest BCUT2D eigenvalue weighted by Crippen LogP contribution is 2.43. The highest BCUT2D eigenvalue weighted by Gasteiger charge is 2.35. The minimum atomic E-state index is 0. The molecule has 0 saturated heterocycles. The monoisotopic (exact) mass is 449 g/mol. The molecule has 1 nitrogen and oxygen atoms in total. The van der Waals surface area contributed by atoms with Crippen molar-refractivity contribution in [3.63, 3.8) is 0 Å². The van der Waals surface area contributed by atoms with Crippen molar-refractivity contribution in [2.45, 2.75) is 71.1 Å². The molecule has 3 aromatic rings. The van der Waals surface area contributed by atoms with E-state index in [-0.39, 0.29) is 12.4 Å². The minimum Gasteiger partial charge on any atom is -1.00 e. The second-order valence-electron chi connectivity index (χ2n) is 8.72. The number of nitrogens with zero attached hydrogens (tertiary/aromatic N) is 1. The number of benzene rings is 3. The van der Waals surface area contributed by atoms with Gasteiger partial charge < -0.3 is 12.4 Å². The highest BCUT2D eigenvalue weighted by molar-refractivity contribution is 5.70. The van der Waals surface area contributed by atoms with Gasteiger partial charge in [0.25, 0.3) is 0 Å². The molecule has 0 N–H and O–H groups in total. The van der Waals surface area contributed by atoms with Gasteiger partial charge in [0.1, 0.15) is 17.1 Å². The van der Waals surface area contributed by atoms with Crippen molar-refractivity contribution in [1.29, 1.82) is 0 Å². The third-order valence-electron chi connectivity index (χ3n) is 6.44. The Morgan fingerprint density at radius 1 is 0.438 bits per heavy atom. The van der Waals surface area contributed by atoms with E-state index in [4.69, 9.17) is 0 Å². The minimum absolute atomic E-state index is 0. The molecule has 2 heteroatoms. The molecule has 172 valence electrons. The van der Waals surface area contributed by atoms with Crippen LogP contribution in [0.15, 0.2) is 91.0 Å². The first-order valence-electron chi connectivity index (χ1n) is 12.4. The molecule has 0 aliphatic rings. The van der Waals surface area contributed by atoms with Gasteiger partial charge in [-0.05, 0) is 49.2 Å². The summed E-state index contributed by atoms with van der Waals surface area (Å²) in [7, 11) is 0. The number of rotatable bonds is 14. The van der Waals surface area contributed by atoms with E-state index in [1.807, 2.05) is 0 Å². The molecular weight excluding hydrogens is 410 g/mol. The van der Waals surface area contributed by atoms with Gasteiger partial charge in [0.15, 0.2) is 0 Å². The Bertz CT molecular complexity index is 736. The van der Waals surface area contributed by atoms with E-state index in [1.54, 1.807) is 0 Å². The summed E-state index contributed by atoms with van der Waals surface area (Å²) in [5.74, 6) is 0. The second-order valence-corrected chi connectivity index (χ2v) is 8.72. The predicted octanol–water partition coefficient (Wildman–Crippen LogP) is 6.58. The molecule has 0 amide bonds. The maximum Gasteiger partial charge on any atom is 0.143 e. The summed E-state index contributed by atoms with van der Waals surface area (Å²) in [5.41, 5.74) is 4.03. The zero-order valence-electron chi connectivity index (χ0n) is 19.8. The van der Waals surface area contributed by atoms with Crippen molar-refractivity contribution in [2.24, 2.45) is 0 Å². The molecule has 32 heavy (non-hydrogen) atoms. The van der Waals surface area contributed by atoms with Crippen molar-refractivity contribution in [3.05, 3.63) is 91.0 Å². The van der Waals surface area contributed by atoms with Gasteiger partial charge in [-0.3, -0.25) is 0 Å². The van der Waals surface area contributed by atoms with E-state index in [1.165, 1.54) is 81.3 Å². The SMILES string of the molecule is CCCCCCCCCCCC[N+](c1ccccc1)(c1ccccc1)c1ccccc1.[Cl-]. The first kappa shape index (κ1) is 26.2. The highest BCUT2D eigenvalue weighted by atomic mass is 35.5. The van der Waals surface area contributed by atoms with Gasteiger partial charge >= 0.3 is 0 Å². The van der Waals surface area contributed by atoms with Gasteiger partial charge in [-0.2, -0.15) is 0 Å². The first-order chi connectivity index (χ1) is 15.4. The lowest BCUT2D eigenvalue weighted by Crippen LogP contribution is -3.00. The van der Waals surface area contributed by atoms with E-state index in [0.717, 1.165) is 11.0 Å². The van der Waals surface area contributed by atoms with Crippen LogP contribution in [0.25, 0.3) is 0 Å². The number of unbranched alkanes of at least 4 members (excludes halogenated alkanes) is 9. The summed E-state index contributed by atoms with van der Waals surface area (Å²) < 4.78 is 0.791. The van der Waals surface area contributed by atoms with Gasteiger partial charge in [-0.15, -0.1) is 0 Å². The zero-order valence-corrected chi connectivity index (χ0v) is 20.5. The third-order valence-corrected chi connectivity index (χ3v) is 6.44. The van der Waals surface area contributed by atoms with Crippen molar-refractivity contribution >= 4 is 17.1 Å². The summed E-state index contributed by atoms with van der Waals surface area (Å²) >= 11 is 0. The molecule has 0 atom stereocenters. The molecule has 3 rings (SSSR count). The maximum absolute atomic E-state index is 2.29. The number of para-hydroxylation sites is 3. The molecule has 0 aromatic heterocycles. The molecule has 0 saturated carbocycles. The molecule has 0 fully saturated rings. The molecule has 3 aromatic carbocycles. The molecule has 0 unspecified atom stereocenters. The standard InChI is InChI=1S/C30H40N.ClH/c1-2-3-4-5-6-7-8-9-10-20-27-31(28-21-14-11-15-22-28,29-23-16-12-17-24-29)30-25-18-13-19-26-30;/h11-19,21-26H,2-10,20,27H2,1H3;1H/q+1;/p-1. The number of hydrogen-bond acceptors (Lipinski definition) is 0. The van der Waals surface area contributed by atoms with Gasteiger partial charge in [0, 0.05) is 0 Å². The Morgan fingerprint density at radius 3 is 1.09 bits per heavy atom. The second kappa shape index (κ2) is 14.9. The van der Waals surface area contributed by atoms with Gasteiger partial charge in [0.2, 0.25) is 0 Å². The van der Waals surface area contributed by atoms with Crippen LogP contribution in [0.5, 0.6) is 0 Å². The van der Waals surface area contributed by atoms with Crippen molar-refractivity contribution < 1.29 is 12.4 Å². The van der Waals surface area contributed by atoms with Crippen LogP contribution < -0.4 is 16.9 Å². The average Bonchev–Trinajstić information content (AvgIpc) is 2.84. The zero-order chi connectivity index (χ0) is 21.6. The lowest BCUT2D eigenvalue weighted by molar-refractivity contribution is -0.00000635. The van der Waals surface area contributed by atoms with Gasteiger partial charge in [-0.25, -0.2) is 4.48 Å². The van der Waals surface area contributed by atoms with Crippen LogP contribution >= 0.6 is 0 Å². The fraction of sp³-hybridized carbons (Fsp3) is 0.400. The molecule has 0 heterocycles. The van der Waals surface area contributed by atoms with Crippen LogP contribution in [0.3, 0.4) is 0 Å². The Labute approximate surface area is 202 Å². The summed E-state index contributed by atoms with van der Waals surface area (Å²) in [6.45, 7) is 3.38. The summed E-state index contributed by atoms with van der Waals surface area (Å²) in [6, 6.07) is 33.1. The molecule has 0 aliphatic heterocycles. The molecular formula is C30H40ClN. The van der Waals surface area contributed by atoms with Crippen LogP contribution in [0.4, 0.5) is 17.1 Å². The van der Waals surface area contributed by atoms with Gasteiger partial charge in [0.05, 0.1) is 6.54 Å². The van der Waals surface area contributed by atoms with Crippen LogP contribution in [0.2, 0.25) is 0 Å². The molecule has 0 radical (unpaired) electrons. The largest absolute Gasteiger partial charge is 1.00 e. The van der Waals surface area contributed by atoms with Crippen molar-refractivity contribution in [3.8, 4) is 0 Å². The Kier molecular flexibility index (Phi) is 12.2. The molecule has 0 spiro atoms. The quantitative estimate of drug-likeness (QED) is 0.192. The van der Waals surface area contributed by atoms with E-state index in [0.29, 0.717) is 0 Å². The van der Waals surface area contributed by atoms with Crippen LogP contribution in [0.1, 0.15) is 71.1 Å². The predicted molar refractivity (Wildman–Crippen MR) is 137 cm³/mol. The number of halogens is 1. The van der Waals surface area contributed by atoms with Crippen molar-refractivity contribution in [2.75, 3.05) is 6.54 Å². The van der Waals surface area contributed by atoms with Gasteiger partial charge in [-0.1, -0.05) is 113 Å². The smallest absolute Gasteiger partial charge is 0.143 e. The molecule has 0 aliphatic carbocycles. The first-order valence-corrected chi connectivity index (χ1v) is 12.4. The molecule has 0 bridgehead atoms. The van der Waals surface area contributed by atoms with Crippen LogP contribution in [0, 0.1) is 0 Å². The van der Waals surface area contributed by atoms with E-state index in [2.05, 4.69) is 97.9 Å². The van der Waals surface area contributed by atoms with E-state index in [9.17, 15) is 0 Å². The summed E-state index contributed by atoms with van der Waals surface area (Å²) in [4.78, 5) is 0. The number of hydrogen-bond donors (Lipinski definition) is 0. The average molecular weight is 450 g/mol. The fourth-order valence-corrected chi connectivity index (χ4v) is 4.72. The normalized spacial score (nSPS) is 11.2. The topological polar surface area (TPSA) is 0 Å². The number of quaternary nitrogens is 1. The van der Waals surface area contributed by atoms with Crippen molar-refractivity contribution in [1.82, 2.24) is 4.48 Å². The Hall–Kier alpha value is -2.09. The summed E-state index contributed by atoms with van der Waals surface area (Å²) in [5, 5.41) is 0. The maximum atomic E-state index is 2.29. The van der Waals surface area contributed by atoms with Crippen LogP contribution in [-0.4, -0.2) is 6.54 Å².